The first kappa shape index (κ1) is 19.1. The summed E-state index contributed by atoms with van der Waals surface area (Å²) >= 11 is 0. The maximum absolute atomic E-state index is 12.5. The number of piperidine rings is 1. The van der Waals surface area contributed by atoms with Crippen LogP contribution in [0.3, 0.4) is 0 Å². The van der Waals surface area contributed by atoms with E-state index >= 15 is 0 Å². The predicted molar refractivity (Wildman–Crippen MR) is 97.1 cm³/mol. The monoisotopic (exact) mass is 372 g/mol. The number of rotatable bonds is 5. The molecule has 7 nitrogen and oxygen atoms in total. The molecule has 0 bridgehead atoms. The molecule has 0 radical (unpaired) electrons. The highest BCUT2D eigenvalue weighted by atomic mass is 16.5. The summed E-state index contributed by atoms with van der Waals surface area (Å²) in [6.07, 6.45) is 1.50. The zero-order valence-electron chi connectivity index (χ0n) is 15.7. The van der Waals surface area contributed by atoms with Gasteiger partial charge in [0.1, 0.15) is 0 Å². The molecule has 1 saturated heterocycles. The number of amides is 3. The van der Waals surface area contributed by atoms with Crippen molar-refractivity contribution in [3.05, 3.63) is 34.9 Å². The first-order valence-corrected chi connectivity index (χ1v) is 9.33. The number of hydrogen-bond acceptors (Lipinski definition) is 5. The molecule has 1 aromatic carbocycles. The van der Waals surface area contributed by atoms with Crippen LogP contribution >= 0.6 is 0 Å². The number of aryl methyl sites for hydroxylation is 1. The molecule has 0 saturated carbocycles. The summed E-state index contributed by atoms with van der Waals surface area (Å²) < 4.78 is 5.05. The second-order valence-corrected chi connectivity index (χ2v) is 6.99. The number of esters is 1. The molecule has 0 aliphatic carbocycles. The van der Waals surface area contributed by atoms with Crippen LogP contribution in [0.1, 0.15) is 52.5 Å². The van der Waals surface area contributed by atoms with E-state index in [9.17, 15) is 19.2 Å². The zero-order chi connectivity index (χ0) is 19.6. The second-order valence-electron chi connectivity index (χ2n) is 6.99. The number of ether oxygens (including phenoxy) is 1. The molecule has 0 N–H and O–H groups in total. The molecule has 0 aromatic heterocycles. The number of likely N-dealkylation sites (tertiary alicyclic amines) is 1. The largest absolute Gasteiger partial charge is 0.466 e. The lowest BCUT2D eigenvalue weighted by atomic mass is 9.98. The number of hydrogen-bond donors (Lipinski definition) is 0. The quantitative estimate of drug-likeness (QED) is 0.581. The van der Waals surface area contributed by atoms with E-state index in [0.717, 1.165) is 16.9 Å². The van der Waals surface area contributed by atoms with Crippen LogP contribution in [0.15, 0.2) is 18.2 Å². The van der Waals surface area contributed by atoms with E-state index in [1.54, 1.807) is 30.0 Å². The molecular weight excluding hydrogens is 348 g/mol. The molecular formula is C20H24N2O5. The molecule has 0 unspecified atom stereocenters. The van der Waals surface area contributed by atoms with Crippen LogP contribution < -0.4 is 0 Å². The van der Waals surface area contributed by atoms with E-state index in [2.05, 4.69) is 0 Å². The zero-order valence-corrected chi connectivity index (χ0v) is 15.7. The van der Waals surface area contributed by atoms with Crippen LogP contribution in [0.25, 0.3) is 0 Å². The van der Waals surface area contributed by atoms with Gasteiger partial charge >= 0.3 is 5.97 Å². The smallest absolute Gasteiger partial charge is 0.310 e. The van der Waals surface area contributed by atoms with Crippen molar-refractivity contribution in [3.63, 3.8) is 0 Å². The van der Waals surface area contributed by atoms with Crippen LogP contribution in [0.4, 0.5) is 0 Å². The standard InChI is InChI=1S/C20H24N2O5/c1-3-27-20(26)14-5-4-9-21(12-14)17(23)8-10-22-18(24)15-7-6-13(2)11-16(15)19(22)25/h6-7,11,14H,3-5,8-10,12H2,1-2H3/t14-/m0/s1. The summed E-state index contributed by atoms with van der Waals surface area (Å²) in [4.78, 5) is 52.1. The van der Waals surface area contributed by atoms with Gasteiger partial charge in [0.25, 0.3) is 11.8 Å². The maximum Gasteiger partial charge on any atom is 0.310 e. The molecule has 2 aliphatic rings. The first-order valence-electron chi connectivity index (χ1n) is 9.33. The Morgan fingerprint density at radius 2 is 1.93 bits per heavy atom. The molecule has 0 spiro atoms. The van der Waals surface area contributed by atoms with Gasteiger partial charge in [0.05, 0.1) is 23.7 Å². The van der Waals surface area contributed by atoms with Crippen molar-refractivity contribution in [3.8, 4) is 0 Å². The van der Waals surface area contributed by atoms with Gasteiger partial charge in [-0.2, -0.15) is 0 Å². The third kappa shape index (κ3) is 3.86. The lowest BCUT2D eigenvalue weighted by Crippen LogP contribution is -2.44. The minimum Gasteiger partial charge on any atom is -0.466 e. The normalized spacial score (nSPS) is 19.3. The number of imide groups is 1. The minimum atomic E-state index is -0.356. The van der Waals surface area contributed by atoms with Crippen LogP contribution in [0.5, 0.6) is 0 Å². The number of carbonyl (C=O) groups is 4. The number of benzene rings is 1. The van der Waals surface area contributed by atoms with Gasteiger partial charge in [0, 0.05) is 26.1 Å². The highest BCUT2D eigenvalue weighted by Crippen LogP contribution is 2.24. The molecule has 3 amide bonds. The van der Waals surface area contributed by atoms with Crippen molar-refractivity contribution in [2.75, 3.05) is 26.2 Å². The molecule has 7 heteroatoms. The number of fused-ring (bicyclic) bond motifs is 1. The van der Waals surface area contributed by atoms with Gasteiger partial charge in [-0.3, -0.25) is 24.1 Å². The van der Waals surface area contributed by atoms with E-state index in [1.165, 1.54) is 0 Å². The van der Waals surface area contributed by atoms with E-state index in [-0.39, 0.29) is 42.6 Å². The fourth-order valence-electron chi connectivity index (χ4n) is 3.63. The summed E-state index contributed by atoms with van der Waals surface area (Å²) in [5.41, 5.74) is 1.69. The highest BCUT2D eigenvalue weighted by Gasteiger charge is 2.36. The Bertz CT molecular complexity index is 789. The topological polar surface area (TPSA) is 84.0 Å². The summed E-state index contributed by atoms with van der Waals surface area (Å²) in [7, 11) is 0. The highest BCUT2D eigenvalue weighted by molar-refractivity contribution is 6.21. The van der Waals surface area contributed by atoms with Gasteiger partial charge in [-0.25, -0.2) is 0 Å². The molecule has 2 aliphatic heterocycles. The van der Waals surface area contributed by atoms with Crippen molar-refractivity contribution >= 4 is 23.7 Å². The Kier molecular flexibility index (Phi) is 5.58. The summed E-state index contributed by atoms with van der Waals surface area (Å²) in [6, 6.07) is 5.15. The summed E-state index contributed by atoms with van der Waals surface area (Å²) in [6.45, 7) is 4.90. The van der Waals surface area contributed by atoms with Crippen LogP contribution in [0.2, 0.25) is 0 Å². The molecule has 1 aromatic rings. The SMILES string of the molecule is CCOC(=O)[C@H]1CCCN(C(=O)CCN2C(=O)c3ccc(C)cc3C2=O)C1. The van der Waals surface area contributed by atoms with E-state index in [1.807, 2.05) is 6.92 Å². The Hall–Kier alpha value is -2.70. The lowest BCUT2D eigenvalue weighted by Gasteiger charge is -2.32. The van der Waals surface area contributed by atoms with Crippen molar-refractivity contribution in [2.45, 2.75) is 33.1 Å². The van der Waals surface area contributed by atoms with Crippen molar-refractivity contribution in [2.24, 2.45) is 5.92 Å². The van der Waals surface area contributed by atoms with E-state index < -0.39 is 0 Å². The maximum atomic E-state index is 12.5. The van der Waals surface area contributed by atoms with Gasteiger partial charge in [0.2, 0.25) is 5.91 Å². The lowest BCUT2D eigenvalue weighted by molar-refractivity contribution is -0.151. The average molecular weight is 372 g/mol. The van der Waals surface area contributed by atoms with Gasteiger partial charge in [0.15, 0.2) is 0 Å². The average Bonchev–Trinajstić information content (AvgIpc) is 2.90. The van der Waals surface area contributed by atoms with Crippen molar-refractivity contribution in [1.82, 2.24) is 9.80 Å². The number of carbonyl (C=O) groups excluding carboxylic acids is 4. The van der Waals surface area contributed by atoms with E-state index in [0.29, 0.717) is 37.2 Å². The second kappa shape index (κ2) is 7.90. The van der Waals surface area contributed by atoms with Gasteiger partial charge in [-0.1, -0.05) is 11.6 Å². The van der Waals surface area contributed by atoms with Gasteiger partial charge < -0.3 is 9.64 Å². The third-order valence-electron chi connectivity index (χ3n) is 5.07. The van der Waals surface area contributed by atoms with Crippen molar-refractivity contribution in [1.29, 1.82) is 0 Å². The Morgan fingerprint density at radius 3 is 2.67 bits per heavy atom. The molecule has 3 rings (SSSR count). The van der Waals surface area contributed by atoms with E-state index in [4.69, 9.17) is 4.74 Å². The fraction of sp³-hybridized carbons (Fsp3) is 0.500. The van der Waals surface area contributed by atoms with Gasteiger partial charge in [-0.05, 0) is 38.8 Å². The summed E-state index contributed by atoms with van der Waals surface area (Å²) in [5.74, 6) is -1.44. The fourth-order valence-corrected chi connectivity index (χ4v) is 3.63. The van der Waals surface area contributed by atoms with Crippen molar-refractivity contribution < 1.29 is 23.9 Å². The molecule has 1 fully saturated rings. The molecule has 27 heavy (non-hydrogen) atoms. The third-order valence-corrected chi connectivity index (χ3v) is 5.07. The Balaban J connectivity index is 1.59. The molecule has 2 heterocycles. The van der Waals surface area contributed by atoms with Gasteiger partial charge in [-0.15, -0.1) is 0 Å². The first-order chi connectivity index (χ1) is 12.9. The summed E-state index contributed by atoms with van der Waals surface area (Å²) in [5, 5.41) is 0. The Labute approximate surface area is 158 Å². The van der Waals surface area contributed by atoms with Crippen LogP contribution in [-0.2, 0) is 14.3 Å². The molecule has 144 valence electrons. The minimum absolute atomic E-state index is 0.0464. The van der Waals surface area contributed by atoms with Crippen LogP contribution in [-0.4, -0.2) is 59.7 Å². The van der Waals surface area contributed by atoms with Crippen LogP contribution in [0, 0.1) is 12.8 Å². The predicted octanol–water partition coefficient (Wildman–Crippen LogP) is 1.78. The number of nitrogens with zero attached hydrogens (tertiary/aromatic N) is 2. The molecule has 1 atom stereocenters. The Morgan fingerprint density at radius 1 is 1.19 bits per heavy atom.